The van der Waals surface area contributed by atoms with Crippen LogP contribution in [0.5, 0.6) is 0 Å². The second kappa shape index (κ2) is 11.0. The highest BCUT2D eigenvalue weighted by molar-refractivity contribution is 7.90. The Balaban J connectivity index is 1.39. The fourth-order valence-electron chi connectivity index (χ4n) is 4.64. The quantitative estimate of drug-likeness (QED) is 0.286. The van der Waals surface area contributed by atoms with Crippen LogP contribution in [0.2, 0.25) is 10.0 Å². The van der Waals surface area contributed by atoms with Crippen LogP contribution < -0.4 is 5.32 Å². The van der Waals surface area contributed by atoms with Gasteiger partial charge >= 0.3 is 5.97 Å². The molecule has 2 amide bonds. The predicted molar refractivity (Wildman–Crippen MR) is 154 cm³/mol. The number of hydrogen-bond acceptors (Lipinski definition) is 6. The van der Waals surface area contributed by atoms with Crippen molar-refractivity contribution in [3.05, 3.63) is 104 Å². The minimum atomic E-state index is -3.53. The molecule has 0 fully saturated rings. The molecular weight excluding hydrogens is 591 g/mol. The van der Waals surface area contributed by atoms with Gasteiger partial charge in [0, 0.05) is 30.3 Å². The third-order valence-electron chi connectivity index (χ3n) is 6.70. The Morgan fingerprint density at radius 2 is 1.85 bits per heavy atom. The van der Waals surface area contributed by atoms with Gasteiger partial charge in [0.05, 0.1) is 26.8 Å². The molecule has 2 heterocycles. The molecule has 12 heteroatoms. The minimum absolute atomic E-state index is 0.00266. The van der Waals surface area contributed by atoms with Gasteiger partial charge in [-0.1, -0.05) is 41.4 Å². The van der Waals surface area contributed by atoms with E-state index in [1.807, 2.05) is 12.1 Å². The number of halogens is 2. The maximum Gasteiger partial charge on any atom is 0.352 e. The molecule has 0 aliphatic carbocycles. The molecule has 0 unspecified atom stereocenters. The first-order valence-corrected chi connectivity index (χ1v) is 14.9. The predicted octanol–water partition coefficient (Wildman–Crippen LogP) is 5.20. The zero-order valence-electron chi connectivity index (χ0n) is 21.5. The summed E-state index contributed by atoms with van der Waals surface area (Å²) in [5, 5.41) is 13.0. The summed E-state index contributed by atoms with van der Waals surface area (Å²) in [5.41, 5.74) is 2.02. The molecular formula is C29H22Cl2N2O7S. The number of benzene rings is 3. The molecule has 0 bridgehead atoms. The number of aliphatic carboxylic acids is 1. The van der Waals surface area contributed by atoms with Crippen LogP contribution in [-0.4, -0.2) is 49.0 Å². The standard InChI is InChI=1S/C29H22Cl2N2O7S/c1-41(38,39)20-4-2-3-16(11-20)12-23(29(36)37)32-27(34)25-22(30)13-19-15-33(9-7-21(19)26(25)31)28(35)18-6-5-17-8-10-40-24(17)14-18/h2-6,8,10-14H,7,9,15H2,1H3,(H,32,34)(H,36,37)/b23-12-. The number of carboxylic acid groups (broad SMARTS) is 1. The fourth-order valence-corrected chi connectivity index (χ4v) is 6.08. The van der Waals surface area contributed by atoms with Crippen molar-refractivity contribution in [2.24, 2.45) is 0 Å². The Hall–Kier alpha value is -4.12. The fraction of sp³-hybridized carbons (Fsp3) is 0.138. The summed E-state index contributed by atoms with van der Waals surface area (Å²) in [6.45, 7) is 0.546. The zero-order valence-corrected chi connectivity index (χ0v) is 23.8. The van der Waals surface area contributed by atoms with Gasteiger partial charge in [0.15, 0.2) is 9.84 Å². The van der Waals surface area contributed by atoms with E-state index in [1.165, 1.54) is 24.3 Å². The Morgan fingerprint density at radius 3 is 2.59 bits per heavy atom. The lowest BCUT2D eigenvalue weighted by Gasteiger charge is -2.30. The van der Waals surface area contributed by atoms with Gasteiger partial charge in [0.1, 0.15) is 11.3 Å². The van der Waals surface area contributed by atoms with Crippen molar-refractivity contribution >= 4 is 67.9 Å². The molecule has 1 aromatic heterocycles. The number of nitrogens with zero attached hydrogens (tertiary/aromatic N) is 1. The molecule has 4 aromatic rings. The monoisotopic (exact) mass is 612 g/mol. The van der Waals surface area contributed by atoms with Gasteiger partial charge in [-0.05, 0) is 65.6 Å². The van der Waals surface area contributed by atoms with Gasteiger partial charge in [-0.25, -0.2) is 13.2 Å². The molecule has 0 spiro atoms. The summed E-state index contributed by atoms with van der Waals surface area (Å²) in [5.74, 6) is -2.49. The van der Waals surface area contributed by atoms with E-state index in [0.29, 0.717) is 35.2 Å². The van der Waals surface area contributed by atoms with Crippen LogP contribution in [0.25, 0.3) is 17.0 Å². The first-order chi connectivity index (χ1) is 19.4. The van der Waals surface area contributed by atoms with Gasteiger partial charge < -0.3 is 19.7 Å². The maximum atomic E-state index is 13.2. The van der Waals surface area contributed by atoms with Gasteiger partial charge in [0.2, 0.25) is 0 Å². The van der Waals surface area contributed by atoms with Gasteiger partial charge in [0.25, 0.3) is 11.8 Å². The van der Waals surface area contributed by atoms with E-state index in [9.17, 15) is 27.9 Å². The third-order valence-corrected chi connectivity index (χ3v) is 8.52. The van der Waals surface area contributed by atoms with E-state index in [4.69, 9.17) is 27.6 Å². The molecule has 9 nitrogen and oxygen atoms in total. The van der Waals surface area contributed by atoms with Crippen LogP contribution in [0.4, 0.5) is 0 Å². The normalized spacial score (nSPS) is 13.6. The van der Waals surface area contributed by atoms with Crippen LogP contribution in [0, 0.1) is 0 Å². The summed E-state index contributed by atoms with van der Waals surface area (Å²) < 4.78 is 29.1. The lowest BCUT2D eigenvalue weighted by molar-refractivity contribution is -0.132. The van der Waals surface area contributed by atoms with Crippen LogP contribution in [0.1, 0.15) is 37.4 Å². The molecule has 1 aliphatic rings. The summed E-state index contributed by atoms with van der Waals surface area (Å²) in [6, 6.07) is 14.2. The second-order valence-corrected chi connectivity index (χ2v) is 12.3. The Labute approximate surface area is 244 Å². The van der Waals surface area contributed by atoms with Crippen LogP contribution >= 0.6 is 23.2 Å². The lowest BCUT2D eigenvalue weighted by atomic mass is 9.96. The molecule has 0 saturated carbocycles. The number of amides is 2. The van der Waals surface area contributed by atoms with Crippen molar-refractivity contribution in [2.45, 2.75) is 17.9 Å². The van der Waals surface area contributed by atoms with Crippen molar-refractivity contribution in [1.82, 2.24) is 10.2 Å². The minimum Gasteiger partial charge on any atom is -0.477 e. The van der Waals surface area contributed by atoms with E-state index >= 15 is 0 Å². The van der Waals surface area contributed by atoms with E-state index in [2.05, 4.69) is 5.32 Å². The van der Waals surface area contributed by atoms with E-state index in [0.717, 1.165) is 17.7 Å². The van der Waals surface area contributed by atoms with Crippen molar-refractivity contribution < 1.29 is 32.3 Å². The molecule has 1 aliphatic heterocycles. The first-order valence-electron chi connectivity index (χ1n) is 12.2. The van der Waals surface area contributed by atoms with Gasteiger partial charge in [-0.2, -0.15) is 0 Å². The Kier molecular flexibility index (Phi) is 7.65. The van der Waals surface area contributed by atoms with Crippen molar-refractivity contribution in [1.29, 1.82) is 0 Å². The van der Waals surface area contributed by atoms with Crippen LogP contribution in [0.15, 0.2) is 75.9 Å². The van der Waals surface area contributed by atoms with E-state index in [1.54, 1.807) is 29.4 Å². The van der Waals surface area contributed by atoms with E-state index < -0.39 is 27.4 Å². The van der Waals surface area contributed by atoms with Crippen LogP contribution in [-0.2, 0) is 27.6 Å². The van der Waals surface area contributed by atoms with Crippen molar-refractivity contribution in [2.75, 3.05) is 12.8 Å². The highest BCUT2D eigenvalue weighted by Crippen LogP contribution is 2.35. The molecule has 2 N–H and O–H groups in total. The van der Waals surface area contributed by atoms with Crippen LogP contribution in [0.3, 0.4) is 0 Å². The summed E-state index contributed by atoms with van der Waals surface area (Å²) in [6.07, 6.45) is 4.07. The summed E-state index contributed by atoms with van der Waals surface area (Å²) >= 11 is 13.1. The number of nitrogens with one attached hydrogen (secondary N) is 1. The van der Waals surface area contributed by atoms with Crippen molar-refractivity contribution in [3.63, 3.8) is 0 Å². The largest absolute Gasteiger partial charge is 0.477 e. The van der Waals surface area contributed by atoms with Crippen molar-refractivity contribution in [3.8, 4) is 0 Å². The number of rotatable bonds is 6. The molecule has 0 saturated heterocycles. The molecule has 210 valence electrons. The SMILES string of the molecule is CS(=O)(=O)c1cccc(/C=C(\NC(=O)c2c(Cl)cc3c(c2Cl)CCN(C(=O)c2ccc4ccoc4c2)C3)C(=O)O)c1. The third kappa shape index (κ3) is 5.85. The number of hydrogen-bond donors (Lipinski definition) is 2. The highest BCUT2D eigenvalue weighted by atomic mass is 35.5. The topological polar surface area (TPSA) is 134 Å². The molecule has 0 atom stereocenters. The number of sulfone groups is 1. The number of carboxylic acids is 1. The summed E-state index contributed by atoms with van der Waals surface area (Å²) in [7, 11) is -3.53. The number of furan rings is 1. The number of carbonyl (C=O) groups is 3. The molecule has 5 rings (SSSR count). The lowest BCUT2D eigenvalue weighted by Crippen LogP contribution is -2.36. The van der Waals surface area contributed by atoms with Gasteiger partial charge in [-0.15, -0.1) is 0 Å². The zero-order chi connectivity index (χ0) is 29.5. The maximum absolute atomic E-state index is 13.2. The Bertz CT molecular complexity index is 1880. The van der Waals surface area contributed by atoms with E-state index in [-0.39, 0.29) is 38.5 Å². The second-order valence-electron chi connectivity index (χ2n) is 9.50. The highest BCUT2D eigenvalue weighted by Gasteiger charge is 2.28. The molecule has 41 heavy (non-hydrogen) atoms. The van der Waals surface area contributed by atoms with Gasteiger partial charge in [-0.3, -0.25) is 9.59 Å². The molecule has 0 radical (unpaired) electrons. The summed E-state index contributed by atoms with van der Waals surface area (Å²) in [4.78, 5) is 39.9. The number of carbonyl (C=O) groups excluding carboxylic acids is 2. The average Bonchev–Trinajstić information content (AvgIpc) is 3.39. The smallest absolute Gasteiger partial charge is 0.352 e. The average molecular weight is 613 g/mol. The number of fused-ring (bicyclic) bond motifs is 2. The molecule has 3 aromatic carbocycles. The Morgan fingerprint density at radius 1 is 1.07 bits per heavy atom. The first kappa shape index (κ1) is 28.4.